The lowest BCUT2D eigenvalue weighted by molar-refractivity contribution is 0.105. The first-order chi connectivity index (χ1) is 9.08. The van der Waals surface area contributed by atoms with Crippen LogP contribution in [0.5, 0.6) is 5.75 Å². The number of carbonyl (C=O) groups excluding carboxylic acids is 1. The van der Waals surface area contributed by atoms with Gasteiger partial charge < -0.3 is 14.4 Å². The fourth-order valence-corrected chi connectivity index (χ4v) is 1.59. The first-order valence-corrected chi connectivity index (χ1v) is 5.97. The van der Waals surface area contributed by atoms with Crippen molar-refractivity contribution in [3.05, 3.63) is 29.3 Å². The number of aryl methyl sites for hydroxylation is 1. The topological polar surface area (TPSA) is 62.6 Å². The molecule has 1 aromatic rings. The summed E-state index contributed by atoms with van der Waals surface area (Å²) >= 11 is 0. The summed E-state index contributed by atoms with van der Waals surface area (Å²) in [7, 11) is 3.23. The van der Waals surface area contributed by atoms with Gasteiger partial charge in [-0.3, -0.25) is 0 Å². The minimum atomic E-state index is -0.427. The average Bonchev–Trinajstić information content (AvgIpc) is 2.42. The van der Waals surface area contributed by atoms with Crippen molar-refractivity contribution in [2.24, 2.45) is 0 Å². The molecule has 1 aromatic carbocycles. The number of nitrogens with zero attached hydrogens (tertiary/aromatic N) is 2. The zero-order valence-electron chi connectivity index (χ0n) is 11.5. The van der Waals surface area contributed by atoms with E-state index in [4.69, 9.17) is 14.7 Å². The van der Waals surface area contributed by atoms with Gasteiger partial charge in [-0.15, -0.1) is 0 Å². The Bertz CT molecular complexity index is 480. The maximum atomic E-state index is 11.6. The Balaban J connectivity index is 2.50. The van der Waals surface area contributed by atoms with E-state index in [1.807, 2.05) is 31.2 Å². The fourth-order valence-electron chi connectivity index (χ4n) is 1.59. The molecule has 0 bridgehead atoms. The van der Waals surface area contributed by atoms with Crippen LogP contribution in [0.25, 0.3) is 0 Å². The Labute approximate surface area is 113 Å². The zero-order chi connectivity index (χ0) is 14.3. The molecule has 0 unspecified atom stereocenters. The summed E-state index contributed by atoms with van der Waals surface area (Å²) in [6, 6.07) is 7.60. The van der Waals surface area contributed by atoms with Crippen LogP contribution in [0.1, 0.15) is 17.5 Å². The molecule has 0 saturated carbocycles. The Hall–Kier alpha value is -2.22. The third kappa shape index (κ3) is 4.51. The van der Waals surface area contributed by atoms with Crippen molar-refractivity contribution in [3.63, 3.8) is 0 Å². The molecule has 1 rings (SSSR count). The highest BCUT2D eigenvalue weighted by Crippen LogP contribution is 2.18. The second-order valence-electron chi connectivity index (χ2n) is 4.19. The van der Waals surface area contributed by atoms with Gasteiger partial charge in [0.15, 0.2) is 0 Å². The molecular formula is C14H18N2O3. The quantitative estimate of drug-likeness (QED) is 0.817. The van der Waals surface area contributed by atoms with Crippen LogP contribution in [0.4, 0.5) is 4.79 Å². The van der Waals surface area contributed by atoms with Gasteiger partial charge in [0.1, 0.15) is 12.4 Å². The number of ether oxygens (including phenoxy) is 2. The number of benzene rings is 1. The molecule has 0 heterocycles. The minimum Gasteiger partial charge on any atom is -0.496 e. The first kappa shape index (κ1) is 14.8. The van der Waals surface area contributed by atoms with Crippen LogP contribution in [-0.2, 0) is 11.3 Å². The maximum Gasteiger partial charge on any atom is 0.409 e. The molecule has 0 saturated heterocycles. The summed E-state index contributed by atoms with van der Waals surface area (Å²) in [6.45, 7) is 2.51. The molecule has 0 aliphatic rings. The predicted octanol–water partition coefficient (Wildman–Crippen LogP) is 2.49. The first-order valence-electron chi connectivity index (χ1n) is 5.97. The standard InChI is InChI=1S/C14H18N2O3/c1-11-9-12(5-6-13(11)18-3)10-19-14(17)16(2)8-4-7-15/h5-6,9H,4,8,10H2,1-3H3. The molecule has 0 N–H and O–H groups in total. The SMILES string of the molecule is COc1ccc(COC(=O)N(C)CCC#N)cc1C. The van der Waals surface area contributed by atoms with Gasteiger partial charge in [-0.1, -0.05) is 6.07 Å². The molecule has 0 spiro atoms. The van der Waals surface area contributed by atoms with E-state index >= 15 is 0 Å². The minimum absolute atomic E-state index is 0.209. The third-order valence-electron chi connectivity index (χ3n) is 2.69. The van der Waals surface area contributed by atoms with E-state index < -0.39 is 6.09 Å². The zero-order valence-corrected chi connectivity index (χ0v) is 11.5. The van der Waals surface area contributed by atoms with Crippen LogP contribution in [-0.4, -0.2) is 31.7 Å². The van der Waals surface area contributed by atoms with Crippen molar-refractivity contribution in [2.75, 3.05) is 20.7 Å². The van der Waals surface area contributed by atoms with E-state index in [0.29, 0.717) is 13.0 Å². The number of hydrogen-bond acceptors (Lipinski definition) is 4. The van der Waals surface area contributed by atoms with Gasteiger partial charge in [-0.2, -0.15) is 5.26 Å². The highest BCUT2D eigenvalue weighted by Gasteiger charge is 2.10. The van der Waals surface area contributed by atoms with Crippen LogP contribution < -0.4 is 4.74 Å². The molecule has 0 radical (unpaired) electrons. The molecule has 0 aliphatic heterocycles. The van der Waals surface area contributed by atoms with Crippen molar-refractivity contribution in [3.8, 4) is 11.8 Å². The normalized spacial score (nSPS) is 9.58. The van der Waals surface area contributed by atoms with E-state index in [2.05, 4.69) is 0 Å². The molecular weight excluding hydrogens is 244 g/mol. The number of amides is 1. The van der Waals surface area contributed by atoms with Gasteiger partial charge >= 0.3 is 6.09 Å². The predicted molar refractivity (Wildman–Crippen MR) is 70.8 cm³/mol. The van der Waals surface area contributed by atoms with Gasteiger partial charge in [-0.05, 0) is 30.2 Å². The molecule has 19 heavy (non-hydrogen) atoms. The summed E-state index contributed by atoms with van der Waals surface area (Å²) in [5, 5.41) is 8.44. The van der Waals surface area contributed by atoms with Crippen molar-refractivity contribution in [2.45, 2.75) is 20.0 Å². The summed E-state index contributed by atoms with van der Waals surface area (Å²) in [5.74, 6) is 0.807. The van der Waals surface area contributed by atoms with E-state index in [1.54, 1.807) is 14.2 Å². The molecule has 0 atom stereocenters. The summed E-state index contributed by atoms with van der Waals surface area (Å²) in [4.78, 5) is 13.0. The lowest BCUT2D eigenvalue weighted by atomic mass is 10.1. The van der Waals surface area contributed by atoms with Crippen molar-refractivity contribution >= 4 is 6.09 Å². The van der Waals surface area contributed by atoms with Crippen molar-refractivity contribution < 1.29 is 14.3 Å². The Kier molecular flexibility index (Phi) is 5.68. The van der Waals surface area contributed by atoms with Crippen LogP contribution in [0.15, 0.2) is 18.2 Å². The largest absolute Gasteiger partial charge is 0.496 e. The molecule has 0 aliphatic carbocycles. The van der Waals surface area contributed by atoms with E-state index in [9.17, 15) is 4.79 Å². The number of hydrogen-bond donors (Lipinski definition) is 0. The lowest BCUT2D eigenvalue weighted by Gasteiger charge is -2.15. The van der Waals surface area contributed by atoms with Crippen molar-refractivity contribution in [1.82, 2.24) is 4.90 Å². The van der Waals surface area contributed by atoms with Gasteiger partial charge in [0, 0.05) is 13.6 Å². The second kappa shape index (κ2) is 7.27. The molecule has 5 nitrogen and oxygen atoms in total. The average molecular weight is 262 g/mol. The van der Waals surface area contributed by atoms with Crippen LogP contribution in [0, 0.1) is 18.3 Å². The van der Waals surface area contributed by atoms with E-state index in [0.717, 1.165) is 16.9 Å². The van der Waals surface area contributed by atoms with Gasteiger partial charge in [0.2, 0.25) is 0 Å². The maximum absolute atomic E-state index is 11.6. The van der Waals surface area contributed by atoms with E-state index in [1.165, 1.54) is 4.90 Å². The Morgan fingerprint density at radius 1 is 1.47 bits per heavy atom. The Morgan fingerprint density at radius 3 is 2.79 bits per heavy atom. The summed E-state index contributed by atoms with van der Waals surface area (Å²) in [5.41, 5.74) is 1.90. The van der Waals surface area contributed by atoms with Gasteiger partial charge in [-0.25, -0.2) is 4.79 Å². The molecule has 1 amide bonds. The van der Waals surface area contributed by atoms with E-state index in [-0.39, 0.29) is 6.61 Å². The highest BCUT2D eigenvalue weighted by atomic mass is 16.6. The van der Waals surface area contributed by atoms with Crippen LogP contribution >= 0.6 is 0 Å². The summed E-state index contributed by atoms with van der Waals surface area (Å²) < 4.78 is 10.3. The van der Waals surface area contributed by atoms with Crippen molar-refractivity contribution in [1.29, 1.82) is 5.26 Å². The number of rotatable bonds is 5. The van der Waals surface area contributed by atoms with Gasteiger partial charge in [0.05, 0.1) is 19.6 Å². The molecule has 0 fully saturated rings. The number of nitriles is 1. The number of methoxy groups -OCH3 is 1. The van der Waals surface area contributed by atoms with Gasteiger partial charge in [0.25, 0.3) is 0 Å². The second-order valence-corrected chi connectivity index (χ2v) is 4.19. The monoisotopic (exact) mass is 262 g/mol. The number of carbonyl (C=O) groups is 1. The lowest BCUT2D eigenvalue weighted by Crippen LogP contribution is -2.28. The Morgan fingerprint density at radius 2 is 2.21 bits per heavy atom. The third-order valence-corrected chi connectivity index (χ3v) is 2.69. The molecule has 102 valence electrons. The fraction of sp³-hybridized carbons (Fsp3) is 0.429. The highest BCUT2D eigenvalue weighted by molar-refractivity contribution is 5.67. The van der Waals surface area contributed by atoms with Crippen LogP contribution in [0.3, 0.4) is 0 Å². The van der Waals surface area contributed by atoms with Crippen LogP contribution in [0.2, 0.25) is 0 Å². The summed E-state index contributed by atoms with van der Waals surface area (Å²) in [6.07, 6.45) is -0.128. The molecule has 5 heteroatoms. The smallest absolute Gasteiger partial charge is 0.409 e. The molecule has 0 aromatic heterocycles.